The lowest BCUT2D eigenvalue weighted by atomic mass is 10.0. The SMILES string of the molecule is CN=C(NCc1ccccc1F)NCC(C(C)C)N1CCCC1.I. The van der Waals surface area contributed by atoms with Crippen molar-refractivity contribution in [1.82, 2.24) is 15.5 Å². The van der Waals surface area contributed by atoms with Gasteiger partial charge in [0.2, 0.25) is 0 Å². The van der Waals surface area contributed by atoms with Crippen LogP contribution in [0.4, 0.5) is 4.39 Å². The maximum atomic E-state index is 13.7. The van der Waals surface area contributed by atoms with Crippen LogP contribution in [0.1, 0.15) is 32.3 Å². The molecule has 0 radical (unpaired) electrons. The molecule has 2 rings (SSSR count). The van der Waals surface area contributed by atoms with Gasteiger partial charge >= 0.3 is 0 Å². The molecule has 2 N–H and O–H groups in total. The first kappa shape index (κ1) is 21.2. The Hall–Kier alpha value is -0.890. The molecule has 1 aliphatic rings. The highest BCUT2D eigenvalue weighted by Crippen LogP contribution is 2.17. The van der Waals surface area contributed by atoms with Crippen molar-refractivity contribution >= 4 is 29.9 Å². The maximum absolute atomic E-state index is 13.7. The van der Waals surface area contributed by atoms with Crippen molar-refractivity contribution in [3.05, 3.63) is 35.6 Å². The molecule has 0 aromatic heterocycles. The molecule has 0 aliphatic carbocycles. The van der Waals surface area contributed by atoms with E-state index in [0.717, 1.165) is 12.5 Å². The van der Waals surface area contributed by atoms with Crippen LogP contribution in [-0.2, 0) is 6.54 Å². The lowest BCUT2D eigenvalue weighted by Gasteiger charge is -2.31. The van der Waals surface area contributed by atoms with E-state index < -0.39 is 0 Å². The Kier molecular flexibility index (Phi) is 9.58. The predicted molar refractivity (Wildman–Crippen MR) is 109 cm³/mol. The third-order valence-corrected chi connectivity index (χ3v) is 4.49. The molecule has 136 valence electrons. The molecule has 1 fully saturated rings. The zero-order valence-electron chi connectivity index (χ0n) is 14.9. The van der Waals surface area contributed by atoms with E-state index in [4.69, 9.17) is 0 Å². The van der Waals surface area contributed by atoms with Crippen molar-refractivity contribution in [3.8, 4) is 0 Å². The molecule has 0 amide bonds. The van der Waals surface area contributed by atoms with Crippen LogP contribution in [0.5, 0.6) is 0 Å². The van der Waals surface area contributed by atoms with Crippen molar-refractivity contribution in [2.24, 2.45) is 10.9 Å². The zero-order chi connectivity index (χ0) is 16.7. The number of aliphatic imine (C=N–C) groups is 1. The monoisotopic (exact) mass is 448 g/mol. The number of rotatable bonds is 6. The number of guanidine groups is 1. The molecule has 6 heteroatoms. The Bertz CT molecular complexity index is 515. The summed E-state index contributed by atoms with van der Waals surface area (Å²) < 4.78 is 13.7. The average Bonchev–Trinajstić information content (AvgIpc) is 3.05. The molecule has 1 aromatic rings. The topological polar surface area (TPSA) is 39.7 Å². The Morgan fingerprint density at radius 2 is 1.88 bits per heavy atom. The van der Waals surface area contributed by atoms with E-state index in [0.29, 0.717) is 24.1 Å². The van der Waals surface area contributed by atoms with Crippen LogP contribution < -0.4 is 10.6 Å². The van der Waals surface area contributed by atoms with Gasteiger partial charge in [0.1, 0.15) is 5.82 Å². The van der Waals surface area contributed by atoms with Gasteiger partial charge in [0, 0.05) is 31.7 Å². The second-order valence-electron chi connectivity index (χ2n) is 6.45. The molecule has 0 spiro atoms. The van der Waals surface area contributed by atoms with Crippen LogP contribution in [0.25, 0.3) is 0 Å². The van der Waals surface area contributed by atoms with Crippen molar-refractivity contribution in [2.75, 3.05) is 26.7 Å². The number of hydrogen-bond donors (Lipinski definition) is 2. The summed E-state index contributed by atoms with van der Waals surface area (Å²) in [5, 5.41) is 6.58. The van der Waals surface area contributed by atoms with Crippen LogP contribution in [-0.4, -0.2) is 43.6 Å². The molecule has 0 bridgehead atoms. The van der Waals surface area contributed by atoms with Crippen LogP contribution in [0.3, 0.4) is 0 Å². The molecule has 1 heterocycles. The fourth-order valence-electron chi connectivity index (χ4n) is 3.10. The number of halogens is 2. The van der Waals surface area contributed by atoms with Gasteiger partial charge < -0.3 is 10.6 Å². The van der Waals surface area contributed by atoms with Gasteiger partial charge in [0.25, 0.3) is 0 Å². The first-order valence-corrected chi connectivity index (χ1v) is 8.53. The lowest BCUT2D eigenvalue weighted by molar-refractivity contribution is 0.192. The van der Waals surface area contributed by atoms with Gasteiger partial charge in [0.05, 0.1) is 0 Å². The van der Waals surface area contributed by atoms with Crippen LogP contribution in [0.2, 0.25) is 0 Å². The molecule has 1 aromatic carbocycles. The molecular weight excluding hydrogens is 418 g/mol. The summed E-state index contributed by atoms with van der Waals surface area (Å²) in [5.74, 6) is 1.12. The zero-order valence-corrected chi connectivity index (χ0v) is 17.2. The van der Waals surface area contributed by atoms with E-state index in [1.807, 2.05) is 6.07 Å². The minimum atomic E-state index is -0.187. The summed E-state index contributed by atoms with van der Waals surface area (Å²) in [6.45, 7) is 8.19. The van der Waals surface area contributed by atoms with Gasteiger partial charge in [0.15, 0.2) is 5.96 Å². The Labute approximate surface area is 162 Å². The first-order valence-electron chi connectivity index (χ1n) is 8.53. The van der Waals surface area contributed by atoms with E-state index in [2.05, 4.69) is 34.4 Å². The van der Waals surface area contributed by atoms with E-state index >= 15 is 0 Å². The predicted octanol–water partition coefficient (Wildman–Crippen LogP) is 3.23. The van der Waals surface area contributed by atoms with Crippen molar-refractivity contribution in [1.29, 1.82) is 0 Å². The highest BCUT2D eigenvalue weighted by molar-refractivity contribution is 14.0. The molecule has 0 saturated carbocycles. The lowest BCUT2D eigenvalue weighted by Crippen LogP contribution is -2.48. The van der Waals surface area contributed by atoms with Crippen molar-refractivity contribution < 1.29 is 4.39 Å². The van der Waals surface area contributed by atoms with Gasteiger partial charge in [-0.25, -0.2) is 4.39 Å². The van der Waals surface area contributed by atoms with E-state index in [9.17, 15) is 4.39 Å². The minimum absolute atomic E-state index is 0. The van der Waals surface area contributed by atoms with Gasteiger partial charge in [-0.2, -0.15) is 0 Å². The Morgan fingerprint density at radius 3 is 2.46 bits per heavy atom. The number of likely N-dealkylation sites (tertiary alicyclic amines) is 1. The second kappa shape index (κ2) is 10.9. The minimum Gasteiger partial charge on any atom is -0.355 e. The Morgan fingerprint density at radius 1 is 1.21 bits per heavy atom. The maximum Gasteiger partial charge on any atom is 0.191 e. The molecule has 1 unspecified atom stereocenters. The average molecular weight is 448 g/mol. The summed E-state index contributed by atoms with van der Waals surface area (Å²) in [6.07, 6.45) is 2.59. The molecule has 4 nitrogen and oxygen atoms in total. The Balaban J connectivity index is 0.00000288. The van der Waals surface area contributed by atoms with Crippen molar-refractivity contribution in [2.45, 2.75) is 39.3 Å². The molecule has 1 saturated heterocycles. The number of nitrogens with one attached hydrogen (secondary N) is 2. The molecule has 1 aliphatic heterocycles. The smallest absolute Gasteiger partial charge is 0.191 e. The standard InChI is InChI=1S/C18H29FN4.HI/c1-14(2)17(23-10-6-7-11-23)13-22-18(20-3)21-12-15-8-4-5-9-16(15)19;/h4-5,8-9,14,17H,6-7,10-13H2,1-3H3,(H2,20,21,22);1H. The second-order valence-corrected chi connectivity index (χ2v) is 6.45. The molecule has 1 atom stereocenters. The fourth-order valence-corrected chi connectivity index (χ4v) is 3.10. The summed E-state index contributed by atoms with van der Waals surface area (Å²) >= 11 is 0. The number of hydrogen-bond acceptors (Lipinski definition) is 2. The molecule has 24 heavy (non-hydrogen) atoms. The normalized spacial score (nSPS) is 16.8. The highest BCUT2D eigenvalue weighted by atomic mass is 127. The van der Waals surface area contributed by atoms with Gasteiger partial charge in [-0.15, -0.1) is 24.0 Å². The van der Waals surface area contributed by atoms with Crippen molar-refractivity contribution in [3.63, 3.8) is 0 Å². The van der Waals surface area contributed by atoms with Crippen LogP contribution in [0, 0.1) is 11.7 Å². The van der Waals surface area contributed by atoms with Crippen LogP contribution in [0.15, 0.2) is 29.3 Å². The summed E-state index contributed by atoms with van der Waals surface area (Å²) in [7, 11) is 1.75. The summed E-state index contributed by atoms with van der Waals surface area (Å²) in [5.41, 5.74) is 0.649. The van der Waals surface area contributed by atoms with Gasteiger partial charge in [-0.05, 0) is 37.9 Å². The highest BCUT2D eigenvalue weighted by Gasteiger charge is 2.24. The number of nitrogens with zero attached hydrogens (tertiary/aromatic N) is 2. The summed E-state index contributed by atoms with van der Waals surface area (Å²) in [6, 6.07) is 7.32. The van der Waals surface area contributed by atoms with E-state index in [1.54, 1.807) is 19.2 Å². The van der Waals surface area contributed by atoms with E-state index in [-0.39, 0.29) is 29.8 Å². The van der Waals surface area contributed by atoms with E-state index in [1.165, 1.54) is 32.0 Å². The largest absolute Gasteiger partial charge is 0.355 e. The van der Waals surface area contributed by atoms with Crippen LogP contribution >= 0.6 is 24.0 Å². The third kappa shape index (κ3) is 6.20. The molecular formula is C18H30FIN4. The van der Waals surface area contributed by atoms with Gasteiger partial charge in [-0.3, -0.25) is 9.89 Å². The summed E-state index contributed by atoms with van der Waals surface area (Å²) in [4.78, 5) is 6.80. The quantitative estimate of drug-likeness (QED) is 0.399. The number of benzene rings is 1. The van der Waals surface area contributed by atoms with Gasteiger partial charge in [-0.1, -0.05) is 32.0 Å². The first-order chi connectivity index (χ1) is 11.1. The third-order valence-electron chi connectivity index (χ3n) is 4.49. The fraction of sp³-hybridized carbons (Fsp3) is 0.611.